The highest BCUT2D eigenvalue weighted by Gasteiger charge is 2.15. The van der Waals surface area contributed by atoms with Gasteiger partial charge in [0.1, 0.15) is 0 Å². The number of pyridine rings is 1. The maximum atomic E-state index is 12.3. The quantitative estimate of drug-likeness (QED) is 0.599. The maximum absolute atomic E-state index is 12.3. The molecule has 0 amide bonds. The average Bonchev–Trinajstić information content (AvgIpc) is 2.55. The number of carbonyl (C=O) groups is 1. The molecule has 0 aliphatic rings. The molecule has 1 aromatic heterocycles. The number of hydrogen-bond donors (Lipinski definition) is 0. The van der Waals surface area contributed by atoms with E-state index in [-0.39, 0.29) is 5.97 Å². The largest absolute Gasteiger partial charge is 0.462 e. The van der Waals surface area contributed by atoms with Crippen molar-refractivity contribution in [1.82, 2.24) is 4.98 Å². The molecule has 0 aliphatic heterocycles. The van der Waals surface area contributed by atoms with E-state index in [2.05, 4.69) is 15.9 Å². The van der Waals surface area contributed by atoms with Gasteiger partial charge in [-0.25, -0.2) is 9.78 Å². The van der Waals surface area contributed by atoms with Crippen LogP contribution in [-0.4, -0.2) is 17.6 Å². The van der Waals surface area contributed by atoms with Crippen LogP contribution in [0.2, 0.25) is 0 Å². The van der Waals surface area contributed by atoms with Gasteiger partial charge in [0.2, 0.25) is 0 Å². The monoisotopic (exact) mass is 369 g/mol. The van der Waals surface area contributed by atoms with E-state index in [0.717, 1.165) is 26.6 Å². The van der Waals surface area contributed by atoms with Crippen molar-refractivity contribution in [3.05, 3.63) is 64.1 Å². The first-order chi connectivity index (χ1) is 11.1. The number of hydrogen-bond acceptors (Lipinski definition) is 3. The molecule has 0 atom stereocenters. The summed E-state index contributed by atoms with van der Waals surface area (Å²) in [7, 11) is 0. The van der Waals surface area contributed by atoms with Crippen molar-refractivity contribution in [1.29, 1.82) is 0 Å². The minimum atomic E-state index is -0.327. The number of ether oxygens (including phenoxy) is 1. The molecule has 3 aromatic rings. The molecule has 116 valence electrons. The van der Waals surface area contributed by atoms with Crippen molar-refractivity contribution in [2.75, 3.05) is 6.61 Å². The number of aryl methyl sites for hydroxylation is 1. The fourth-order valence-corrected chi connectivity index (χ4v) is 2.81. The molecule has 2 aromatic carbocycles. The Morgan fingerprint density at radius 1 is 1.13 bits per heavy atom. The van der Waals surface area contributed by atoms with Gasteiger partial charge in [-0.05, 0) is 38.1 Å². The summed E-state index contributed by atoms with van der Waals surface area (Å²) in [5, 5.41) is 0.786. The van der Waals surface area contributed by atoms with Crippen molar-refractivity contribution < 1.29 is 9.53 Å². The van der Waals surface area contributed by atoms with E-state index in [0.29, 0.717) is 12.2 Å². The van der Waals surface area contributed by atoms with Gasteiger partial charge in [-0.2, -0.15) is 0 Å². The summed E-state index contributed by atoms with van der Waals surface area (Å²) in [6.45, 7) is 4.19. The van der Waals surface area contributed by atoms with Gasteiger partial charge in [0.05, 0.1) is 23.4 Å². The number of nitrogens with zero attached hydrogens (tertiary/aromatic N) is 1. The van der Waals surface area contributed by atoms with E-state index >= 15 is 0 Å². The Hall–Kier alpha value is -2.20. The summed E-state index contributed by atoms with van der Waals surface area (Å²) < 4.78 is 6.11. The lowest BCUT2D eigenvalue weighted by Crippen LogP contribution is -2.06. The Balaban J connectivity index is 2.22. The second-order valence-electron chi connectivity index (χ2n) is 5.30. The van der Waals surface area contributed by atoms with E-state index in [9.17, 15) is 4.79 Å². The highest BCUT2D eigenvalue weighted by atomic mass is 79.9. The number of carbonyl (C=O) groups excluding carboxylic acids is 1. The Kier molecular flexibility index (Phi) is 4.44. The molecule has 3 nitrogen and oxygen atoms in total. The molecule has 0 N–H and O–H groups in total. The predicted octanol–water partition coefficient (Wildman–Crippen LogP) is 5.15. The van der Waals surface area contributed by atoms with Crippen LogP contribution in [0.3, 0.4) is 0 Å². The van der Waals surface area contributed by atoms with E-state index < -0.39 is 0 Å². The van der Waals surface area contributed by atoms with Crippen LogP contribution >= 0.6 is 15.9 Å². The third-order valence-corrected chi connectivity index (χ3v) is 4.11. The lowest BCUT2D eigenvalue weighted by atomic mass is 10.0. The number of esters is 1. The zero-order chi connectivity index (χ0) is 16.4. The molecular formula is C19H16BrNO2. The lowest BCUT2D eigenvalue weighted by Gasteiger charge is -2.10. The second kappa shape index (κ2) is 6.50. The van der Waals surface area contributed by atoms with Crippen LogP contribution in [0.15, 0.2) is 53.0 Å². The first-order valence-corrected chi connectivity index (χ1v) is 8.22. The zero-order valence-corrected chi connectivity index (χ0v) is 14.6. The Morgan fingerprint density at radius 2 is 1.87 bits per heavy atom. The average molecular weight is 370 g/mol. The summed E-state index contributed by atoms with van der Waals surface area (Å²) in [5.74, 6) is -0.327. The number of rotatable bonds is 3. The molecule has 0 unspecified atom stereocenters. The minimum Gasteiger partial charge on any atom is -0.462 e. The van der Waals surface area contributed by atoms with Crippen LogP contribution in [-0.2, 0) is 4.74 Å². The van der Waals surface area contributed by atoms with Crippen LogP contribution in [0, 0.1) is 6.92 Å². The Labute approximate surface area is 143 Å². The highest BCUT2D eigenvalue weighted by Crippen LogP contribution is 2.28. The van der Waals surface area contributed by atoms with Crippen molar-refractivity contribution >= 4 is 32.8 Å². The van der Waals surface area contributed by atoms with E-state index in [1.165, 1.54) is 5.56 Å². The fourth-order valence-electron chi connectivity index (χ4n) is 2.45. The topological polar surface area (TPSA) is 39.2 Å². The molecule has 23 heavy (non-hydrogen) atoms. The molecule has 4 heteroatoms. The summed E-state index contributed by atoms with van der Waals surface area (Å²) in [6.07, 6.45) is 0. The maximum Gasteiger partial charge on any atom is 0.338 e. The molecule has 0 radical (unpaired) electrons. The van der Waals surface area contributed by atoms with Gasteiger partial charge in [-0.1, -0.05) is 45.8 Å². The predicted molar refractivity (Wildman–Crippen MR) is 95.6 cm³/mol. The number of benzene rings is 2. The van der Waals surface area contributed by atoms with Crippen LogP contribution in [0.5, 0.6) is 0 Å². The summed E-state index contributed by atoms with van der Waals surface area (Å²) in [6, 6.07) is 15.6. The number of halogens is 1. The first-order valence-electron chi connectivity index (χ1n) is 7.43. The number of aromatic nitrogens is 1. The van der Waals surface area contributed by atoms with Gasteiger partial charge < -0.3 is 4.74 Å². The van der Waals surface area contributed by atoms with Gasteiger partial charge in [0.15, 0.2) is 0 Å². The molecule has 0 saturated carbocycles. The zero-order valence-electron chi connectivity index (χ0n) is 13.0. The summed E-state index contributed by atoms with van der Waals surface area (Å²) in [5.41, 5.74) is 4.24. The smallest absolute Gasteiger partial charge is 0.338 e. The molecular weight excluding hydrogens is 354 g/mol. The van der Waals surface area contributed by atoms with Gasteiger partial charge >= 0.3 is 5.97 Å². The summed E-state index contributed by atoms with van der Waals surface area (Å²) in [4.78, 5) is 17.0. The van der Waals surface area contributed by atoms with Crippen molar-refractivity contribution in [2.24, 2.45) is 0 Å². The molecule has 1 heterocycles. The lowest BCUT2D eigenvalue weighted by molar-refractivity contribution is 0.0528. The number of fused-ring (bicyclic) bond motifs is 1. The molecule has 3 rings (SSSR count). The van der Waals surface area contributed by atoms with Crippen molar-refractivity contribution in [3.8, 4) is 11.3 Å². The highest BCUT2D eigenvalue weighted by molar-refractivity contribution is 9.10. The van der Waals surface area contributed by atoms with Gasteiger partial charge in [-0.15, -0.1) is 0 Å². The Morgan fingerprint density at radius 3 is 2.57 bits per heavy atom. The summed E-state index contributed by atoms with van der Waals surface area (Å²) >= 11 is 3.45. The van der Waals surface area contributed by atoms with E-state index in [1.807, 2.05) is 49.4 Å². The van der Waals surface area contributed by atoms with Gasteiger partial charge in [0.25, 0.3) is 0 Å². The third kappa shape index (κ3) is 3.27. The molecule has 0 fully saturated rings. The van der Waals surface area contributed by atoms with Crippen LogP contribution in [0.4, 0.5) is 0 Å². The Bertz CT molecular complexity index is 872. The molecule has 0 saturated heterocycles. The van der Waals surface area contributed by atoms with Crippen LogP contribution in [0.25, 0.3) is 22.2 Å². The molecule has 0 aliphatic carbocycles. The molecule has 0 spiro atoms. The van der Waals surface area contributed by atoms with Crippen LogP contribution < -0.4 is 0 Å². The van der Waals surface area contributed by atoms with Gasteiger partial charge in [-0.3, -0.25) is 0 Å². The third-order valence-electron chi connectivity index (χ3n) is 3.61. The van der Waals surface area contributed by atoms with Crippen molar-refractivity contribution in [3.63, 3.8) is 0 Å². The minimum absolute atomic E-state index is 0.327. The van der Waals surface area contributed by atoms with Crippen molar-refractivity contribution in [2.45, 2.75) is 13.8 Å². The molecule has 0 bridgehead atoms. The van der Waals surface area contributed by atoms with Crippen LogP contribution in [0.1, 0.15) is 22.8 Å². The van der Waals surface area contributed by atoms with Gasteiger partial charge in [0, 0.05) is 15.4 Å². The SMILES string of the molecule is CCOC(=O)c1cc(-c2ccc(C)cc2)nc2ccc(Br)cc12. The fraction of sp³-hybridized carbons (Fsp3) is 0.158. The standard InChI is InChI=1S/C19H16BrNO2/c1-3-23-19(22)16-11-18(13-6-4-12(2)5-7-13)21-17-9-8-14(20)10-15(16)17/h4-11H,3H2,1-2H3. The van der Waals surface area contributed by atoms with E-state index in [4.69, 9.17) is 9.72 Å². The first kappa shape index (κ1) is 15.7. The second-order valence-corrected chi connectivity index (χ2v) is 6.22. The van der Waals surface area contributed by atoms with E-state index in [1.54, 1.807) is 13.0 Å². The normalized spacial score (nSPS) is 10.7.